The fourth-order valence-electron chi connectivity index (χ4n) is 2.11. The number of rotatable bonds is 2. The number of carbonyl (C=O) groups is 1. The average molecular weight is 353 g/mol. The van der Waals surface area contributed by atoms with E-state index in [0.29, 0.717) is 21.8 Å². The molecule has 0 aromatic heterocycles. The van der Waals surface area contributed by atoms with Crippen molar-refractivity contribution in [3.8, 4) is 0 Å². The molecule has 2 rings (SSSR count). The van der Waals surface area contributed by atoms with Gasteiger partial charge >= 0.3 is 0 Å². The molecule has 2 aromatic rings. The second-order valence-corrected chi connectivity index (χ2v) is 6.24. The Morgan fingerprint density at radius 3 is 2.35 bits per heavy atom. The second-order valence-electron chi connectivity index (χ2n) is 4.91. The number of anilines is 1. The smallest absolute Gasteiger partial charge is 0.193 e. The van der Waals surface area contributed by atoms with Crippen LogP contribution in [-0.4, -0.2) is 5.78 Å². The maximum absolute atomic E-state index is 12.7. The third-order valence-electron chi connectivity index (χ3n) is 3.41. The molecule has 0 aliphatic heterocycles. The van der Waals surface area contributed by atoms with E-state index in [2.05, 4.69) is 15.9 Å². The highest BCUT2D eigenvalue weighted by Crippen LogP contribution is 2.27. The molecule has 0 amide bonds. The van der Waals surface area contributed by atoms with Crippen molar-refractivity contribution in [1.29, 1.82) is 0 Å². The summed E-state index contributed by atoms with van der Waals surface area (Å²) in [5, 5.41) is 0.671. The molecule has 0 bridgehead atoms. The summed E-state index contributed by atoms with van der Waals surface area (Å²) >= 11 is 9.46. The second kappa shape index (κ2) is 5.58. The summed E-state index contributed by atoms with van der Waals surface area (Å²) in [6.07, 6.45) is 0. The summed E-state index contributed by atoms with van der Waals surface area (Å²) in [5.41, 5.74) is 10.4. The van der Waals surface area contributed by atoms with Crippen LogP contribution in [0.1, 0.15) is 32.6 Å². The topological polar surface area (TPSA) is 43.1 Å². The van der Waals surface area contributed by atoms with Crippen LogP contribution in [0.4, 0.5) is 5.69 Å². The molecule has 0 saturated carbocycles. The van der Waals surface area contributed by atoms with Crippen LogP contribution in [0, 0.1) is 20.8 Å². The van der Waals surface area contributed by atoms with E-state index in [-0.39, 0.29) is 5.78 Å². The van der Waals surface area contributed by atoms with Crippen LogP contribution >= 0.6 is 27.5 Å². The molecule has 0 heterocycles. The zero-order valence-electron chi connectivity index (χ0n) is 11.6. The van der Waals surface area contributed by atoms with Crippen molar-refractivity contribution in [2.75, 3.05) is 5.73 Å². The van der Waals surface area contributed by atoms with Gasteiger partial charge in [-0.3, -0.25) is 4.79 Å². The summed E-state index contributed by atoms with van der Waals surface area (Å²) in [4.78, 5) is 12.7. The van der Waals surface area contributed by atoms with Gasteiger partial charge in [-0.15, -0.1) is 0 Å². The van der Waals surface area contributed by atoms with Gasteiger partial charge in [0.05, 0.1) is 0 Å². The first-order valence-corrected chi connectivity index (χ1v) is 7.35. The zero-order chi connectivity index (χ0) is 15.0. The Balaban J connectivity index is 2.60. The molecule has 104 valence electrons. The van der Waals surface area contributed by atoms with Crippen molar-refractivity contribution >= 4 is 39.0 Å². The summed E-state index contributed by atoms with van der Waals surface area (Å²) in [6, 6.07) is 7.25. The molecule has 0 aliphatic carbocycles. The normalized spacial score (nSPS) is 10.7. The maximum atomic E-state index is 12.7. The Morgan fingerprint density at radius 2 is 1.70 bits per heavy atom. The highest BCUT2D eigenvalue weighted by Gasteiger charge is 2.17. The first-order chi connectivity index (χ1) is 9.31. The molecule has 0 spiro atoms. The predicted molar refractivity (Wildman–Crippen MR) is 87.6 cm³/mol. The van der Waals surface area contributed by atoms with E-state index >= 15 is 0 Å². The number of halogens is 2. The van der Waals surface area contributed by atoms with Gasteiger partial charge in [0, 0.05) is 26.3 Å². The lowest BCUT2D eigenvalue weighted by Crippen LogP contribution is -2.08. The van der Waals surface area contributed by atoms with Crippen LogP contribution in [0.15, 0.2) is 28.7 Å². The minimum Gasteiger partial charge on any atom is -0.398 e. The van der Waals surface area contributed by atoms with Crippen LogP contribution in [0.25, 0.3) is 0 Å². The molecule has 4 heteroatoms. The van der Waals surface area contributed by atoms with Gasteiger partial charge in [-0.25, -0.2) is 0 Å². The molecule has 0 saturated heterocycles. The number of ketones is 1. The first-order valence-electron chi connectivity index (χ1n) is 6.18. The van der Waals surface area contributed by atoms with Crippen LogP contribution in [0.3, 0.4) is 0 Å². The third kappa shape index (κ3) is 2.74. The number of carbonyl (C=O) groups excluding carboxylic acids is 1. The van der Waals surface area contributed by atoms with Crippen molar-refractivity contribution in [3.63, 3.8) is 0 Å². The third-order valence-corrected chi connectivity index (χ3v) is 4.27. The molecule has 2 nitrogen and oxygen atoms in total. The quantitative estimate of drug-likeness (QED) is 0.620. The van der Waals surface area contributed by atoms with E-state index in [4.69, 9.17) is 17.3 Å². The summed E-state index contributed by atoms with van der Waals surface area (Å²) < 4.78 is 0.798. The molecular weight excluding hydrogens is 338 g/mol. The fraction of sp³-hybridized carbons (Fsp3) is 0.188. The van der Waals surface area contributed by atoms with E-state index < -0.39 is 0 Å². The SMILES string of the molecule is Cc1cc(C(=O)c2cc(Br)cc(N)c2C)c(C)cc1Cl. The molecular formula is C16H15BrClNO. The van der Waals surface area contributed by atoms with E-state index in [0.717, 1.165) is 21.2 Å². The van der Waals surface area contributed by atoms with Crippen LogP contribution in [-0.2, 0) is 0 Å². The van der Waals surface area contributed by atoms with Crippen LogP contribution < -0.4 is 5.73 Å². The molecule has 2 aromatic carbocycles. The Hall–Kier alpha value is -1.32. The lowest BCUT2D eigenvalue weighted by molar-refractivity contribution is 0.103. The summed E-state index contributed by atoms with van der Waals surface area (Å²) in [5.74, 6) is -0.0345. The van der Waals surface area contributed by atoms with Gasteiger partial charge in [-0.2, -0.15) is 0 Å². The number of hydrogen-bond donors (Lipinski definition) is 1. The standard InChI is InChI=1S/C16H15BrClNO/c1-8-5-14(18)9(2)4-12(8)16(20)13-6-11(17)7-15(19)10(13)3/h4-7H,19H2,1-3H3. The maximum Gasteiger partial charge on any atom is 0.193 e. The van der Waals surface area contributed by atoms with Crippen LogP contribution in [0.5, 0.6) is 0 Å². The number of hydrogen-bond acceptors (Lipinski definition) is 2. The largest absolute Gasteiger partial charge is 0.398 e. The monoisotopic (exact) mass is 351 g/mol. The highest BCUT2D eigenvalue weighted by atomic mass is 79.9. The average Bonchev–Trinajstić information content (AvgIpc) is 2.37. The molecule has 0 radical (unpaired) electrons. The zero-order valence-corrected chi connectivity index (χ0v) is 13.9. The minimum atomic E-state index is -0.0345. The van der Waals surface area contributed by atoms with Gasteiger partial charge in [-0.1, -0.05) is 27.5 Å². The molecule has 0 aliphatic rings. The molecule has 0 unspecified atom stereocenters. The van der Waals surface area contributed by atoms with Gasteiger partial charge in [0.25, 0.3) is 0 Å². The van der Waals surface area contributed by atoms with Crippen molar-refractivity contribution in [2.45, 2.75) is 20.8 Å². The number of nitrogens with two attached hydrogens (primary N) is 1. The fourth-order valence-corrected chi connectivity index (χ4v) is 2.80. The van der Waals surface area contributed by atoms with E-state index in [1.54, 1.807) is 12.1 Å². The van der Waals surface area contributed by atoms with Crippen molar-refractivity contribution in [1.82, 2.24) is 0 Å². The lowest BCUT2D eigenvalue weighted by atomic mass is 9.94. The summed E-state index contributed by atoms with van der Waals surface area (Å²) in [6.45, 7) is 5.63. The van der Waals surface area contributed by atoms with Gasteiger partial charge in [0.15, 0.2) is 5.78 Å². The van der Waals surface area contributed by atoms with Gasteiger partial charge in [0.2, 0.25) is 0 Å². The predicted octanol–water partition coefficient (Wildman–Crippen LogP) is 4.84. The Labute approximate surface area is 132 Å². The van der Waals surface area contributed by atoms with Gasteiger partial charge in [-0.05, 0) is 61.7 Å². The number of benzene rings is 2. The van der Waals surface area contributed by atoms with Crippen LogP contribution in [0.2, 0.25) is 5.02 Å². The molecule has 0 atom stereocenters. The Morgan fingerprint density at radius 1 is 1.05 bits per heavy atom. The van der Waals surface area contributed by atoms with Crippen molar-refractivity contribution < 1.29 is 4.79 Å². The molecule has 2 N–H and O–H groups in total. The minimum absolute atomic E-state index is 0.0345. The Bertz CT molecular complexity index is 710. The van der Waals surface area contributed by atoms with E-state index in [1.165, 1.54) is 0 Å². The van der Waals surface area contributed by atoms with Crippen molar-refractivity contribution in [3.05, 3.63) is 61.6 Å². The van der Waals surface area contributed by atoms with E-state index in [1.807, 2.05) is 32.9 Å². The Kier molecular flexibility index (Phi) is 4.21. The van der Waals surface area contributed by atoms with Gasteiger partial charge < -0.3 is 5.73 Å². The highest BCUT2D eigenvalue weighted by molar-refractivity contribution is 9.10. The lowest BCUT2D eigenvalue weighted by Gasteiger charge is -2.12. The van der Waals surface area contributed by atoms with E-state index in [9.17, 15) is 4.79 Å². The number of aryl methyl sites for hydroxylation is 2. The molecule has 20 heavy (non-hydrogen) atoms. The molecule has 0 fully saturated rings. The number of nitrogen functional groups attached to an aromatic ring is 1. The van der Waals surface area contributed by atoms with Gasteiger partial charge in [0.1, 0.15) is 0 Å². The first kappa shape index (κ1) is 15.1. The summed E-state index contributed by atoms with van der Waals surface area (Å²) in [7, 11) is 0. The van der Waals surface area contributed by atoms with Crippen molar-refractivity contribution in [2.24, 2.45) is 0 Å².